The van der Waals surface area contributed by atoms with Gasteiger partial charge in [0.25, 0.3) is 0 Å². The Hall–Kier alpha value is -3.43. The molecule has 27 heavy (non-hydrogen) atoms. The summed E-state index contributed by atoms with van der Waals surface area (Å²) in [6.45, 7) is 0. The molecule has 0 aliphatic carbocycles. The minimum atomic E-state index is -0.275. The molecule has 2 aromatic carbocycles. The Morgan fingerprint density at radius 1 is 1.00 bits per heavy atom. The molecule has 0 saturated heterocycles. The van der Waals surface area contributed by atoms with Gasteiger partial charge in [-0.2, -0.15) is 5.26 Å². The van der Waals surface area contributed by atoms with E-state index in [1.54, 1.807) is 66.9 Å². The van der Waals surface area contributed by atoms with E-state index in [0.717, 1.165) is 0 Å². The van der Waals surface area contributed by atoms with Gasteiger partial charge in [0, 0.05) is 17.3 Å². The van der Waals surface area contributed by atoms with Crippen LogP contribution < -0.4 is 5.32 Å². The molecule has 0 aliphatic rings. The van der Waals surface area contributed by atoms with Gasteiger partial charge in [0.15, 0.2) is 5.78 Å². The van der Waals surface area contributed by atoms with Gasteiger partial charge in [-0.25, -0.2) is 4.98 Å². The third-order valence-electron chi connectivity index (χ3n) is 3.71. The number of hydrogen-bond donors (Lipinski definition) is 1. The van der Waals surface area contributed by atoms with Gasteiger partial charge in [-0.1, -0.05) is 54.2 Å². The molecule has 0 atom stereocenters. The lowest BCUT2D eigenvalue weighted by Crippen LogP contribution is -2.17. The van der Waals surface area contributed by atoms with Crippen LogP contribution in [-0.2, 0) is 4.79 Å². The Bertz CT molecular complexity index is 1010. The van der Waals surface area contributed by atoms with Crippen molar-refractivity contribution in [2.45, 2.75) is 5.03 Å². The summed E-state index contributed by atoms with van der Waals surface area (Å²) in [6, 6.07) is 21.2. The molecule has 132 valence electrons. The van der Waals surface area contributed by atoms with Crippen molar-refractivity contribution in [2.24, 2.45) is 0 Å². The fourth-order valence-corrected chi connectivity index (χ4v) is 3.19. The van der Waals surface area contributed by atoms with Gasteiger partial charge >= 0.3 is 0 Å². The van der Waals surface area contributed by atoms with Gasteiger partial charge < -0.3 is 5.32 Å². The van der Waals surface area contributed by atoms with Gasteiger partial charge in [0.2, 0.25) is 5.91 Å². The molecule has 1 aromatic heterocycles. The zero-order valence-corrected chi connectivity index (χ0v) is 15.1. The number of thioether (sulfide) groups is 1. The van der Waals surface area contributed by atoms with Gasteiger partial charge in [-0.3, -0.25) is 9.59 Å². The first kappa shape index (κ1) is 18.4. The van der Waals surface area contributed by atoms with Gasteiger partial charge in [-0.15, -0.1) is 0 Å². The number of para-hydroxylation sites is 1. The largest absolute Gasteiger partial charge is 0.325 e. The van der Waals surface area contributed by atoms with E-state index < -0.39 is 0 Å². The Labute approximate surface area is 161 Å². The molecule has 0 unspecified atom stereocenters. The zero-order valence-electron chi connectivity index (χ0n) is 14.3. The number of nitriles is 1. The van der Waals surface area contributed by atoms with Crippen molar-refractivity contribution in [3.8, 4) is 6.07 Å². The predicted molar refractivity (Wildman–Crippen MR) is 105 cm³/mol. The number of anilines is 1. The SMILES string of the molecule is N#Cc1cccnc1SCC(=O)Nc1ccccc1C(=O)c1ccccc1. The van der Waals surface area contributed by atoms with Crippen LogP contribution in [0.2, 0.25) is 0 Å². The highest BCUT2D eigenvalue weighted by Gasteiger charge is 2.15. The van der Waals surface area contributed by atoms with Crippen LogP contribution in [-0.4, -0.2) is 22.4 Å². The van der Waals surface area contributed by atoms with E-state index in [1.165, 1.54) is 11.8 Å². The molecule has 0 saturated carbocycles. The minimum absolute atomic E-state index is 0.0829. The Morgan fingerprint density at radius 2 is 1.74 bits per heavy atom. The molecule has 1 heterocycles. The second-order valence-corrected chi connectivity index (χ2v) is 6.51. The highest BCUT2D eigenvalue weighted by atomic mass is 32.2. The van der Waals surface area contributed by atoms with Crippen molar-refractivity contribution in [1.82, 2.24) is 4.98 Å². The molecule has 0 spiro atoms. The maximum Gasteiger partial charge on any atom is 0.234 e. The lowest BCUT2D eigenvalue weighted by molar-refractivity contribution is -0.113. The Kier molecular flexibility index (Phi) is 5.98. The Balaban J connectivity index is 1.72. The molecule has 1 amide bonds. The summed E-state index contributed by atoms with van der Waals surface area (Å²) < 4.78 is 0. The molecule has 0 bridgehead atoms. The first-order valence-corrected chi connectivity index (χ1v) is 9.14. The number of nitrogens with zero attached hydrogens (tertiary/aromatic N) is 2. The number of nitrogens with one attached hydrogen (secondary N) is 1. The normalized spacial score (nSPS) is 10.0. The number of carbonyl (C=O) groups is 2. The molecule has 3 aromatic rings. The number of hydrogen-bond acceptors (Lipinski definition) is 5. The maximum atomic E-state index is 12.7. The summed E-state index contributed by atoms with van der Waals surface area (Å²) >= 11 is 1.18. The molecule has 0 radical (unpaired) electrons. The van der Waals surface area contributed by atoms with Crippen LogP contribution in [0.3, 0.4) is 0 Å². The number of benzene rings is 2. The standard InChI is InChI=1S/C21H15N3O2S/c22-13-16-9-6-12-23-21(16)27-14-19(25)24-18-11-5-4-10-17(18)20(26)15-7-2-1-3-8-15/h1-12H,14H2,(H,24,25). The predicted octanol–water partition coefficient (Wildman–Crippen LogP) is 3.92. The maximum absolute atomic E-state index is 12.7. The lowest BCUT2D eigenvalue weighted by atomic mass is 10.0. The molecule has 0 fully saturated rings. The fraction of sp³-hybridized carbons (Fsp3) is 0.0476. The number of aromatic nitrogens is 1. The van der Waals surface area contributed by atoms with Gasteiger partial charge in [0.05, 0.1) is 17.0 Å². The summed E-state index contributed by atoms with van der Waals surface area (Å²) in [6.07, 6.45) is 1.58. The molecule has 3 rings (SSSR count). The van der Waals surface area contributed by atoms with Crippen LogP contribution >= 0.6 is 11.8 Å². The van der Waals surface area contributed by atoms with E-state index in [1.807, 2.05) is 6.07 Å². The van der Waals surface area contributed by atoms with Gasteiger partial charge in [0.1, 0.15) is 11.1 Å². The van der Waals surface area contributed by atoms with E-state index in [-0.39, 0.29) is 17.4 Å². The zero-order chi connectivity index (χ0) is 19.1. The molecule has 0 aliphatic heterocycles. The first-order chi connectivity index (χ1) is 13.2. The fourth-order valence-electron chi connectivity index (χ4n) is 2.45. The van der Waals surface area contributed by atoms with Crippen LogP contribution in [0.15, 0.2) is 78.0 Å². The molecular weight excluding hydrogens is 358 g/mol. The molecule has 5 nitrogen and oxygen atoms in total. The van der Waals surface area contributed by atoms with Crippen LogP contribution in [0.4, 0.5) is 5.69 Å². The highest BCUT2D eigenvalue weighted by Crippen LogP contribution is 2.22. The van der Waals surface area contributed by atoms with Crippen LogP contribution in [0.1, 0.15) is 21.5 Å². The number of ketones is 1. The number of carbonyl (C=O) groups excluding carboxylic acids is 2. The van der Waals surface area contributed by atoms with Crippen molar-refractivity contribution < 1.29 is 9.59 Å². The van der Waals surface area contributed by atoms with Crippen molar-refractivity contribution in [3.63, 3.8) is 0 Å². The van der Waals surface area contributed by atoms with Gasteiger partial charge in [-0.05, 0) is 24.3 Å². The van der Waals surface area contributed by atoms with E-state index in [0.29, 0.717) is 27.4 Å². The number of pyridine rings is 1. The average molecular weight is 373 g/mol. The lowest BCUT2D eigenvalue weighted by Gasteiger charge is -2.10. The third kappa shape index (κ3) is 4.60. The average Bonchev–Trinajstić information content (AvgIpc) is 2.73. The summed E-state index contributed by atoms with van der Waals surface area (Å²) in [7, 11) is 0. The van der Waals surface area contributed by atoms with Crippen molar-refractivity contribution in [2.75, 3.05) is 11.1 Å². The molecular formula is C21H15N3O2S. The summed E-state index contributed by atoms with van der Waals surface area (Å²) in [5.74, 6) is -0.349. The first-order valence-electron chi connectivity index (χ1n) is 8.15. The second kappa shape index (κ2) is 8.79. The van der Waals surface area contributed by atoms with Crippen LogP contribution in [0, 0.1) is 11.3 Å². The summed E-state index contributed by atoms with van der Waals surface area (Å²) in [4.78, 5) is 29.2. The molecule has 6 heteroatoms. The third-order valence-corrected chi connectivity index (χ3v) is 4.72. The van der Waals surface area contributed by atoms with E-state index in [2.05, 4.69) is 16.4 Å². The van der Waals surface area contributed by atoms with Crippen molar-refractivity contribution >= 4 is 29.1 Å². The number of rotatable bonds is 6. The minimum Gasteiger partial charge on any atom is -0.325 e. The Morgan fingerprint density at radius 3 is 2.52 bits per heavy atom. The van der Waals surface area contributed by atoms with Crippen LogP contribution in [0.25, 0.3) is 0 Å². The highest BCUT2D eigenvalue weighted by molar-refractivity contribution is 8.00. The molecule has 1 N–H and O–H groups in total. The van der Waals surface area contributed by atoms with E-state index in [9.17, 15) is 9.59 Å². The number of amides is 1. The summed E-state index contributed by atoms with van der Waals surface area (Å²) in [5, 5.41) is 12.4. The quantitative estimate of drug-likeness (QED) is 0.523. The topological polar surface area (TPSA) is 82.8 Å². The monoisotopic (exact) mass is 373 g/mol. The smallest absolute Gasteiger partial charge is 0.234 e. The van der Waals surface area contributed by atoms with E-state index in [4.69, 9.17) is 5.26 Å². The van der Waals surface area contributed by atoms with Crippen molar-refractivity contribution in [1.29, 1.82) is 5.26 Å². The van der Waals surface area contributed by atoms with Crippen molar-refractivity contribution in [3.05, 3.63) is 89.6 Å². The summed E-state index contributed by atoms with van der Waals surface area (Å²) in [5.41, 5.74) is 1.87. The second-order valence-electron chi connectivity index (χ2n) is 5.55. The van der Waals surface area contributed by atoms with E-state index >= 15 is 0 Å². The van der Waals surface area contributed by atoms with Crippen LogP contribution in [0.5, 0.6) is 0 Å².